The number of hydrogen-bond donors (Lipinski definition) is 0. The van der Waals surface area contributed by atoms with Gasteiger partial charge in [-0.25, -0.2) is 0 Å². The molecule has 0 aliphatic rings. The van der Waals surface area contributed by atoms with E-state index in [1.54, 1.807) is 0 Å². The Morgan fingerprint density at radius 2 is 1.53 bits per heavy atom. The molecule has 0 aromatic rings. The molecule has 0 radical (unpaired) electrons. The van der Waals surface area contributed by atoms with Gasteiger partial charge >= 0.3 is 108 Å². The third-order valence-electron chi connectivity index (χ3n) is 3.49. The molecule has 17 heavy (non-hydrogen) atoms. The molecule has 3 nitrogen and oxygen atoms in total. The number of carbonyl (C=O) groups is 1. The number of carbonyl (C=O) groups excluding carboxylic acids is 1. The van der Waals surface area contributed by atoms with Gasteiger partial charge in [0.25, 0.3) is 0 Å². The molecular weight excluding hydrogens is 277 g/mol. The van der Waals surface area contributed by atoms with Gasteiger partial charge in [0.1, 0.15) is 0 Å². The van der Waals surface area contributed by atoms with Gasteiger partial charge in [0.2, 0.25) is 0 Å². The van der Waals surface area contributed by atoms with Crippen LogP contribution in [0.1, 0.15) is 48.0 Å². The molecule has 0 N–H and O–H groups in total. The van der Waals surface area contributed by atoms with Crippen LogP contribution in [0.25, 0.3) is 0 Å². The van der Waals surface area contributed by atoms with Crippen molar-refractivity contribution in [1.82, 2.24) is 0 Å². The molecule has 0 spiro atoms. The molecule has 0 heterocycles. The molecule has 0 atom stereocenters. The summed E-state index contributed by atoms with van der Waals surface area (Å²) in [5.74, 6) is -0.217. The Morgan fingerprint density at radius 1 is 1.06 bits per heavy atom. The molecule has 0 unspecified atom stereocenters. The normalized spacial score (nSPS) is 12.6. The molecule has 4 heteroatoms. The van der Waals surface area contributed by atoms with Gasteiger partial charge in [0.15, 0.2) is 0 Å². The second-order valence-corrected chi connectivity index (χ2v) is 17.5. The maximum absolute atomic E-state index is 11.6. The molecule has 0 saturated heterocycles. The Hall–Kier alpha value is -0.0271. The maximum atomic E-state index is 11.6. The minimum atomic E-state index is -1.73. The molecule has 0 aliphatic heterocycles. The van der Waals surface area contributed by atoms with Crippen molar-refractivity contribution in [3.63, 3.8) is 0 Å². The predicted molar refractivity (Wildman–Crippen MR) is 73.6 cm³/mol. The van der Waals surface area contributed by atoms with Gasteiger partial charge in [0.05, 0.1) is 0 Å². The summed E-state index contributed by atoms with van der Waals surface area (Å²) in [5, 5.41) is 4.94. The van der Waals surface area contributed by atoms with Gasteiger partial charge < -0.3 is 0 Å². The van der Waals surface area contributed by atoms with Crippen LogP contribution in [0, 0.1) is 0 Å². The van der Waals surface area contributed by atoms with Crippen LogP contribution in [-0.2, 0) is 14.6 Å². The second kappa shape index (κ2) is 7.42. The Kier molecular flexibility index (Phi) is 7.40. The van der Waals surface area contributed by atoms with Crippen molar-refractivity contribution in [2.45, 2.75) is 74.6 Å². The fourth-order valence-electron chi connectivity index (χ4n) is 1.86. The van der Waals surface area contributed by atoms with Crippen molar-refractivity contribution in [1.29, 1.82) is 0 Å². The Morgan fingerprint density at radius 3 is 1.88 bits per heavy atom. The van der Waals surface area contributed by atoms with Gasteiger partial charge in [-0.2, -0.15) is 0 Å². The van der Waals surface area contributed by atoms with E-state index in [4.69, 9.17) is 9.78 Å². The van der Waals surface area contributed by atoms with Crippen molar-refractivity contribution in [3.8, 4) is 0 Å². The summed E-state index contributed by atoms with van der Waals surface area (Å²) in [5.41, 5.74) is -0.422. The summed E-state index contributed by atoms with van der Waals surface area (Å²) in [7, 11) is 0. The first-order chi connectivity index (χ1) is 7.78. The molecular formula is C13H28GeO3. The molecule has 0 aliphatic carbocycles. The summed E-state index contributed by atoms with van der Waals surface area (Å²) in [6.45, 7) is 12.4. The van der Waals surface area contributed by atoms with E-state index < -0.39 is 18.9 Å². The molecule has 0 aromatic carbocycles. The van der Waals surface area contributed by atoms with Gasteiger partial charge in [-0.3, -0.25) is 0 Å². The van der Waals surface area contributed by atoms with Crippen molar-refractivity contribution >= 4 is 19.2 Å². The summed E-state index contributed by atoms with van der Waals surface area (Å²) >= 11 is -1.73. The average Bonchev–Trinajstić information content (AvgIpc) is 2.28. The van der Waals surface area contributed by atoms with Crippen LogP contribution in [0.15, 0.2) is 0 Å². The van der Waals surface area contributed by atoms with Crippen molar-refractivity contribution < 1.29 is 14.6 Å². The summed E-state index contributed by atoms with van der Waals surface area (Å²) < 4.78 is 0. The second-order valence-electron chi connectivity index (χ2n) is 5.71. The average molecular weight is 305 g/mol. The first kappa shape index (κ1) is 17.0. The van der Waals surface area contributed by atoms with E-state index >= 15 is 0 Å². The van der Waals surface area contributed by atoms with E-state index in [1.807, 2.05) is 20.8 Å². The van der Waals surface area contributed by atoms with Gasteiger partial charge in [0, 0.05) is 0 Å². The number of hydrogen-bond acceptors (Lipinski definition) is 3. The van der Waals surface area contributed by atoms with E-state index in [1.165, 1.54) is 15.8 Å². The monoisotopic (exact) mass is 306 g/mol. The van der Waals surface area contributed by atoms with E-state index in [0.29, 0.717) is 6.42 Å². The van der Waals surface area contributed by atoms with Crippen LogP contribution in [0.3, 0.4) is 0 Å². The number of rotatable bonds is 7. The van der Waals surface area contributed by atoms with Gasteiger partial charge in [-0.05, 0) is 0 Å². The molecule has 102 valence electrons. The quantitative estimate of drug-likeness (QED) is 0.402. The zero-order chi connectivity index (χ0) is 13.5. The van der Waals surface area contributed by atoms with Crippen LogP contribution in [0.5, 0.6) is 0 Å². The molecule has 0 bridgehead atoms. The molecule has 0 rings (SSSR count). The zero-order valence-electron chi connectivity index (χ0n) is 12.3. The third-order valence-corrected chi connectivity index (χ3v) is 15.7. The standard InChI is InChI=1S/C13H28GeO3/c1-7-14(8-2,9-3)11-10-12(15)16-17-13(4,5)6/h7-11H2,1-6H3. The summed E-state index contributed by atoms with van der Waals surface area (Å²) in [6.07, 6.45) is 0.519. The molecule has 0 fully saturated rings. The SMILES string of the molecule is C[CH2][Ge]([CH2]C)([CH2]C)[CH2]CC(=O)OOC(C)(C)C. The Labute approximate surface area is 109 Å². The van der Waals surface area contributed by atoms with E-state index in [-0.39, 0.29) is 5.97 Å². The molecule has 0 saturated carbocycles. The van der Waals surface area contributed by atoms with Crippen molar-refractivity contribution in [3.05, 3.63) is 0 Å². The Balaban J connectivity index is 4.06. The first-order valence-corrected chi connectivity index (χ1v) is 12.6. The molecule has 0 aromatic heterocycles. The summed E-state index contributed by atoms with van der Waals surface area (Å²) in [6, 6.07) is 0. The van der Waals surface area contributed by atoms with Crippen LogP contribution >= 0.6 is 0 Å². The fraction of sp³-hybridized carbons (Fsp3) is 0.923. The van der Waals surface area contributed by atoms with Crippen LogP contribution in [0.4, 0.5) is 0 Å². The van der Waals surface area contributed by atoms with Crippen LogP contribution in [0.2, 0.25) is 21.0 Å². The Bertz CT molecular complexity index is 221. The predicted octanol–water partition coefficient (Wildman–Crippen LogP) is 4.16. The third kappa shape index (κ3) is 7.09. The van der Waals surface area contributed by atoms with Crippen LogP contribution in [-0.4, -0.2) is 24.8 Å². The van der Waals surface area contributed by atoms with E-state index in [0.717, 1.165) is 5.25 Å². The van der Waals surface area contributed by atoms with E-state index in [2.05, 4.69) is 20.8 Å². The van der Waals surface area contributed by atoms with Crippen molar-refractivity contribution in [2.75, 3.05) is 0 Å². The van der Waals surface area contributed by atoms with Crippen molar-refractivity contribution in [2.24, 2.45) is 0 Å². The van der Waals surface area contributed by atoms with Crippen LogP contribution < -0.4 is 0 Å². The minimum absolute atomic E-state index is 0.217. The zero-order valence-corrected chi connectivity index (χ0v) is 14.4. The van der Waals surface area contributed by atoms with E-state index in [9.17, 15) is 4.79 Å². The fourth-order valence-corrected chi connectivity index (χ4v) is 8.77. The molecule has 0 amide bonds. The first-order valence-electron chi connectivity index (χ1n) is 6.67. The van der Waals surface area contributed by atoms with Gasteiger partial charge in [-0.15, -0.1) is 0 Å². The van der Waals surface area contributed by atoms with Gasteiger partial charge in [-0.1, -0.05) is 0 Å². The topological polar surface area (TPSA) is 35.5 Å². The summed E-state index contributed by atoms with van der Waals surface area (Å²) in [4.78, 5) is 21.4.